The number of nitrogens with one attached hydrogen (secondary N) is 1. The predicted molar refractivity (Wildman–Crippen MR) is 140 cm³/mol. The van der Waals surface area contributed by atoms with E-state index in [2.05, 4.69) is 20.3 Å². The van der Waals surface area contributed by atoms with Crippen LogP contribution in [0.4, 0.5) is 0 Å². The van der Waals surface area contributed by atoms with Crippen molar-refractivity contribution in [2.24, 2.45) is 4.99 Å². The summed E-state index contributed by atoms with van der Waals surface area (Å²) in [4.78, 5) is 39.1. The van der Waals surface area contributed by atoms with E-state index < -0.39 is 16.0 Å². The van der Waals surface area contributed by atoms with Gasteiger partial charge in [0.15, 0.2) is 11.9 Å². The molecule has 1 N–H and O–H groups in total. The summed E-state index contributed by atoms with van der Waals surface area (Å²) in [6.45, 7) is 2.33. The van der Waals surface area contributed by atoms with E-state index in [1.54, 1.807) is 46.5 Å². The molecule has 0 spiro atoms. The van der Waals surface area contributed by atoms with Gasteiger partial charge < -0.3 is 19.9 Å². The summed E-state index contributed by atoms with van der Waals surface area (Å²) in [5.74, 6) is 0.330. The Bertz CT molecular complexity index is 1280. The lowest BCUT2D eigenvalue weighted by Crippen LogP contribution is -2.33. The van der Waals surface area contributed by atoms with Crippen LogP contribution in [0.2, 0.25) is 10.3 Å². The number of nitro groups is 2. The fourth-order valence-electron chi connectivity index (χ4n) is 4.21. The van der Waals surface area contributed by atoms with Gasteiger partial charge in [-0.1, -0.05) is 35.3 Å². The van der Waals surface area contributed by atoms with Crippen LogP contribution in [-0.4, -0.2) is 74.8 Å². The van der Waals surface area contributed by atoms with Crippen LogP contribution in [0.5, 0.6) is 0 Å². The highest BCUT2D eigenvalue weighted by Gasteiger charge is 2.38. The number of methoxy groups -OCH3 is 1. The van der Waals surface area contributed by atoms with E-state index >= 15 is 0 Å². The van der Waals surface area contributed by atoms with Gasteiger partial charge in [-0.05, 0) is 23.3 Å². The maximum Gasteiger partial charge on any atom is 0.318 e. The van der Waals surface area contributed by atoms with Gasteiger partial charge in [0.05, 0.1) is 16.4 Å². The van der Waals surface area contributed by atoms with E-state index in [0.29, 0.717) is 49.6 Å². The molecule has 0 bridgehead atoms. The van der Waals surface area contributed by atoms with Gasteiger partial charge in [0.1, 0.15) is 10.3 Å². The minimum atomic E-state index is -1.33. The molecule has 2 aliphatic rings. The fraction of sp³-hybridized carbons (Fsp3) is 0.348. The average Bonchev–Trinajstić information content (AvgIpc) is 3.53. The van der Waals surface area contributed by atoms with Crippen LogP contribution in [0.15, 0.2) is 64.9 Å². The maximum absolute atomic E-state index is 12.2. The number of nitrogens with zero attached hydrogens (tertiary/aromatic N) is 7. The van der Waals surface area contributed by atoms with Gasteiger partial charge in [-0.2, -0.15) is 0 Å². The molecule has 0 radical (unpaired) electrons. The van der Waals surface area contributed by atoms with Crippen molar-refractivity contribution in [1.82, 2.24) is 25.1 Å². The number of aromatic nitrogens is 2. The average molecular weight is 563 g/mol. The van der Waals surface area contributed by atoms with Crippen molar-refractivity contribution in [2.45, 2.75) is 19.2 Å². The number of rotatable bonds is 10. The molecule has 0 saturated carbocycles. The Kier molecular flexibility index (Phi) is 8.71. The fourth-order valence-corrected chi connectivity index (χ4v) is 4.43. The zero-order valence-corrected chi connectivity index (χ0v) is 21.8. The Morgan fingerprint density at radius 1 is 1.05 bits per heavy atom. The zero-order chi connectivity index (χ0) is 27.2. The summed E-state index contributed by atoms with van der Waals surface area (Å²) in [5, 5.41) is 28.1. The Morgan fingerprint density at radius 2 is 1.68 bits per heavy atom. The van der Waals surface area contributed by atoms with E-state index in [4.69, 9.17) is 27.9 Å². The maximum atomic E-state index is 12.2. The van der Waals surface area contributed by atoms with Crippen molar-refractivity contribution in [3.8, 4) is 0 Å². The number of amidine groups is 1. The highest BCUT2D eigenvalue weighted by molar-refractivity contribution is 6.29. The monoisotopic (exact) mass is 562 g/mol. The lowest BCUT2D eigenvalue weighted by molar-refractivity contribution is -0.438. The first kappa shape index (κ1) is 27.2. The second-order valence-electron chi connectivity index (χ2n) is 8.41. The van der Waals surface area contributed by atoms with Gasteiger partial charge in [0, 0.05) is 58.3 Å². The van der Waals surface area contributed by atoms with Gasteiger partial charge in [0.2, 0.25) is 5.84 Å². The first-order chi connectivity index (χ1) is 18.3. The van der Waals surface area contributed by atoms with Crippen LogP contribution in [-0.2, 0) is 17.8 Å². The van der Waals surface area contributed by atoms with E-state index in [0.717, 1.165) is 17.2 Å². The number of hydrogen-bond acceptors (Lipinski definition) is 11. The minimum absolute atomic E-state index is 0.114. The Hall–Kier alpha value is -3.81. The Morgan fingerprint density at radius 3 is 2.21 bits per heavy atom. The predicted octanol–water partition coefficient (Wildman–Crippen LogP) is 2.72. The van der Waals surface area contributed by atoms with Crippen molar-refractivity contribution in [1.29, 1.82) is 0 Å². The number of ether oxygens (including phenoxy) is 1. The van der Waals surface area contributed by atoms with Gasteiger partial charge in [0.25, 0.3) is 0 Å². The quantitative estimate of drug-likeness (QED) is 0.259. The molecular formula is C23H24Cl2N8O5. The zero-order valence-electron chi connectivity index (χ0n) is 20.3. The van der Waals surface area contributed by atoms with Gasteiger partial charge in [-0.25, -0.2) is 9.97 Å². The molecule has 15 heteroatoms. The van der Waals surface area contributed by atoms with Crippen molar-refractivity contribution >= 4 is 29.0 Å². The number of aliphatic imine (C=N–C) groups is 1. The number of hydrogen-bond donors (Lipinski definition) is 1. The summed E-state index contributed by atoms with van der Waals surface area (Å²) in [6, 6.07) is 6.81. The molecule has 0 aromatic carbocycles. The standard InChI is InChI=1S/C23H24Cl2N8O5/c1-38-18(21(33(36)37)23-27-7-9-31(23)14-16-3-5-20(25)29-12-16)10-17(32(34)35)22-26-6-8-30(22)13-15-2-4-19(24)28-11-15/h2-5,10-12,18,27H,6-9,13-14H2,1H3/b17-10+,23-21-. The molecule has 38 heavy (non-hydrogen) atoms. The molecule has 2 aromatic heterocycles. The molecule has 1 atom stereocenters. The van der Waals surface area contributed by atoms with Crippen molar-refractivity contribution < 1.29 is 14.6 Å². The first-order valence-corrected chi connectivity index (χ1v) is 12.3. The molecule has 1 unspecified atom stereocenters. The third-order valence-electron chi connectivity index (χ3n) is 5.94. The van der Waals surface area contributed by atoms with Crippen LogP contribution in [0, 0.1) is 20.2 Å². The summed E-state index contributed by atoms with van der Waals surface area (Å²) in [7, 11) is 1.26. The third kappa shape index (κ3) is 6.36. The van der Waals surface area contributed by atoms with Crippen LogP contribution >= 0.6 is 23.2 Å². The number of halogens is 2. The molecular weight excluding hydrogens is 539 g/mol. The Labute approximate surface area is 227 Å². The molecule has 4 heterocycles. The Balaban J connectivity index is 1.65. The molecule has 2 aliphatic heterocycles. The lowest BCUT2D eigenvalue weighted by atomic mass is 10.1. The second-order valence-corrected chi connectivity index (χ2v) is 9.18. The molecule has 1 fully saturated rings. The highest BCUT2D eigenvalue weighted by Crippen LogP contribution is 2.24. The minimum Gasteiger partial charge on any atom is -0.366 e. The molecule has 2 aromatic rings. The molecule has 1 saturated heterocycles. The van der Waals surface area contributed by atoms with E-state index in [9.17, 15) is 20.2 Å². The molecule has 4 rings (SSSR count). The summed E-state index contributed by atoms with van der Waals surface area (Å²) in [5.41, 5.74) is 0.841. The second kappa shape index (κ2) is 12.2. The van der Waals surface area contributed by atoms with Crippen LogP contribution < -0.4 is 5.32 Å². The molecule has 13 nitrogen and oxygen atoms in total. The van der Waals surface area contributed by atoms with Crippen molar-refractivity contribution in [3.05, 3.63) is 102 Å². The van der Waals surface area contributed by atoms with E-state index in [-0.39, 0.29) is 23.1 Å². The normalized spacial score (nSPS) is 17.8. The smallest absolute Gasteiger partial charge is 0.318 e. The lowest BCUT2D eigenvalue weighted by Gasteiger charge is -2.21. The summed E-state index contributed by atoms with van der Waals surface area (Å²) >= 11 is 11.7. The number of pyridine rings is 2. The van der Waals surface area contributed by atoms with E-state index in [1.807, 2.05) is 0 Å². The van der Waals surface area contributed by atoms with Crippen molar-refractivity contribution in [2.75, 3.05) is 33.3 Å². The van der Waals surface area contributed by atoms with E-state index in [1.165, 1.54) is 7.11 Å². The van der Waals surface area contributed by atoms with Crippen LogP contribution in [0.1, 0.15) is 11.1 Å². The first-order valence-electron chi connectivity index (χ1n) is 11.5. The summed E-state index contributed by atoms with van der Waals surface area (Å²) < 4.78 is 5.43. The van der Waals surface area contributed by atoms with Gasteiger partial charge in [-0.3, -0.25) is 25.2 Å². The summed E-state index contributed by atoms with van der Waals surface area (Å²) in [6.07, 6.45) is 2.97. The van der Waals surface area contributed by atoms with Crippen LogP contribution in [0.25, 0.3) is 0 Å². The van der Waals surface area contributed by atoms with Gasteiger partial charge in [-0.15, -0.1) is 0 Å². The van der Waals surface area contributed by atoms with Gasteiger partial charge >= 0.3 is 11.4 Å². The largest absolute Gasteiger partial charge is 0.366 e. The molecule has 0 amide bonds. The van der Waals surface area contributed by atoms with Crippen LogP contribution in [0.3, 0.4) is 0 Å². The SMILES string of the molecule is COC(/C=C(\C1=NCCN1Cc1ccc(Cl)nc1)[N+](=O)[O-])/C(=C1\NCCN1Cc1ccc(Cl)nc1)[N+](=O)[O-]. The molecule has 200 valence electrons. The van der Waals surface area contributed by atoms with Crippen molar-refractivity contribution in [3.63, 3.8) is 0 Å². The topological polar surface area (TPSA) is 152 Å². The third-order valence-corrected chi connectivity index (χ3v) is 6.39. The molecule has 0 aliphatic carbocycles. The highest BCUT2D eigenvalue weighted by atomic mass is 35.5.